The Morgan fingerprint density at radius 2 is 2.17 bits per heavy atom. The van der Waals surface area contributed by atoms with Crippen molar-refractivity contribution >= 4 is 11.6 Å². The van der Waals surface area contributed by atoms with Crippen molar-refractivity contribution in [3.8, 4) is 11.6 Å². The van der Waals surface area contributed by atoms with Gasteiger partial charge >= 0.3 is 0 Å². The molecule has 1 unspecified atom stereocenters. The van der Waals surface area contributed by atoms with Crippen LogP contribution in [0.2, 0.25) is 0 Å². The Kier molecular flexibility index (Phi) is 4.43. The SMILES string of the molecule is COc1ccc(N(C)C(=O)C2NCCOc3ccccc32)cn1. The summed E-state index contributed by atoms with van der Waals surface area (Å²) in [6, 6.07) is 10.7. The Morgan fingerprint density at radius 3 is 2.91 bits per heavy atom. The van der Waals surface area contributed by atoms with E-state index in [0.717, 1.165) is 11.3 Å². The molecule has 0 saturated carbocycles. The number of aromatic nitrogens is 1. The molecule has 1 amide bonds. The van der Waals surface area contributed by atoms with E-state index in [9.17, 15) is 4.79 Å². The van der Waals surface area contributed by atoms with E-state index in [2.05, 4.69) is 10.3 Å². The lowest BCUT2D eigenvalue weighted by molar-refractivity contribution is -0.120. The monoisotopic (exact) mass is 313 g/mol. The molecule has 1 aromatic heterocycles. The minimum atomic E-state index is -0.444. The summed E-state index contributed by atoms with van der Waals surface area (Å²) in [7, 11) is 3.30. The van der Waals surface area contributed by atoms with Crippen LogP contribution in [-0.4, -0.2) is 38.2 Å². The van der Waals surface area contributed by atoms with Gasteiger partial charge in [-0.3, -0.25) is 10.1 Å². The summed E-state index contributed by atoms with van der Waals surface area (Å²) in [5.74, 6) is 1.20. The molecule has 0 spiro atoms. The second kappa shape index (κ2) is 6.66. The van der Waals surface area contributed by atoms with Gasteiger partial charge in [0.2, 0.25) is 11.8 Å². The Balaban J connectivity index is 1.86. The van der Waals surface area contributed by atoms with E-state index in [-0.39, 0.29) is 5.91 Å². The van der Waals surface area contributed by atoms with E-state index in [1.807, 2.05) is 30.3 Å². The molecule has 1 aliphatic heterocycles. The van der Waals surface area contributed by atoms with E-state index in [4.69, 9.17) is 9.47 Å². The van der Waals surface area contributed by atoms with E-state index in [0.29, 0.717) is 24.7 Å². The normalized spacial score (nSPS) is 16.7. The molecule has 2 heterocycles. The number of benzene rings is 1. The van der Waals surface area contributed by atoms with Crippen LogP contribution in [-0.2, 0) is 4.79 Å². The lowest BCUT2D eigenvalue weighted by Gasteiger charge is -2.24. The number of hydrogen-bond donors (Lipinski definition) is 1. The summed E-state index contributed by atoms with van der Waals surface area (Å²) in [6.45, 7) is 1.15. The predicted octanol–water partition coefficient (Wildman–Crippen LogP) is 1.78. The summed E-state index contributed by atoms with van der Waals surface area (Å²) in [5.41, 5.74) is 1.56. The molecule has 6 nitrogen and oxygen atoms in total. The second-order valence-corrected chi connectivity index (χ2v) is 5.23. The van der Waals surface area contributed by atoms with Crippen LogP contribution in [0.4, 0.5) is 5.69 Å². The van der Waals surface area contributed by atoms with Crippen LogP contribution in [0.3, 0.4) is 0 Å². The largest absolute Gasteiger partial charge is 0.492 e. The van der Waals surface area contributed by atoms with Crippen molar-refractivity contribution in [3.05, 3.63) is 48.2 Å². The lowest BCUT2D eigenvalue weighted by atomic mass is 10.0. The van der Waals surface area contributed by atoms with Crippen LogP contribution in [0.1, 0.15) is 11.6 Å². The Labute approximate surface area is 135 Å². The van der Waals surface area contributed by atoms with Crippen molar-refractivity contribution in [1.29, 1.82) is 0 Å². The topological polar surface area (TPSA) is 63.7 Å². The van der Waals surface area contributed by atoms with Gasteiger partial charge < -0.3 is 14.4 Å². The fraction of sp³-hybridized carbons (Fsp3) is 0.294. The number of rotatable bonds is 3. The molecule has 120 valence electrons. The van der Waals surface area contributed by atoms with Gasteiger partial charge in [-0.25, -0.2) is 4.98 Å². The smallest absolute Gasteiger partial charge is 0.248 e. The van der Waals surface area contributed by atoms with Crippen LogP contribution in [0.25, 0.3) is 0 Å². The van der Waals surface area contributed by atoms with Gasteiger partial charge in [0, 0.05) is 25.2 Å². The molecule has 0 fully saturated rings. The summed E-state index contributed by atoms with van der Waals surface area (Å²) >= 11 is 0. The molecular formula is C17H19N3O3. The van der Waals surface area contributed by atoms with Gasteiger partial charge in [-0.15, -0.1) is 0 Å². The number of fused-ring (bicyclic) bond motifs is 1. The quantitative estimate of drug-likeness (QED) is 0.936. The number of carbonyl (C=O) groups is 1. The first-order valence-corrected chi connectivity index (χ1v) is 7.43. The molecule has 1 aromatic carbocycles. The standard InChI is InChI=1S/C17H19N3O3/c1-20(12-7-8-15(22-2)19-11-12)17(21)16-13-5-3-4-6-14(13)23-10-9-18-16/h3-8,11,16,18H,9-10H2,1-2H3. The fourth-order valence-electron chi connectivity index (χ4n) is 2.56. The van der Waals surface area contributed by atoms with Crippen molar-refractivity contribution in [2.45, 2.75) is 6.04 Å². The predicted molar refractivity (Wildman–Crippen MR) is 86.9 cm³/mol. The second-order valence-electron chi connectivity index (χ2n) is 5.23. The third kappa shape index (κ3) is 3.12. The average molecular weight is 313 g/mol. The maximum Gasteiger partial charge on any atom is 0.248 e. The highest BCUT2D eigenvalue weighted by molar-refractivity contribution is 5.97. The van der Waals surface area contributed by atoms with Crippen LogP contribution >= 0.6 is 0 Å². The van der Waals surface area contributed by atoms with Crippen LogP contribution in [0, 0.1) is 0 Å². The molecule has 3 rings (SSSR count). The highest BCUT2D eigenvalue weighted by Gasteiger charge is 2.28. The zero-order valence-corrected chi connectivity index (χ0v) is 13.2. The zero-order chi connectivity index (χ0) is 16.2. The van der Waals surface area contributed by atoms with Crippen molar-refractivity contribution in [2.24, 2.45) is 0 Å². The minimum Gasteiger partial charge on any atom is -0.492 e. The number of nitrogens with zero attached hydrogens (tertiary/aromatic N) is 2. The number of hydrogen-bond acceptors (Lipinski definition) is 5. The Bertz CT molecular complexity index is 688. The molecule has 6 heteroatoms. The van der Waals surface area contributed by atoms with Gasteiger partial charge in [0.25, 0.3) is 0 Å². The van der Waals surface area contributed by atoms with Crippen molar-refractivity contribution in [1.82, 2.24) is 10.3 Å². The number of nitrogens with one attached hydrogen (secondary N) is 1. The Hall–Kier alpha value is -2.60. The third-order valence-corrected chi connectivity index (χ3v) is 3.83. The number of likely N-dealkylation sites (N-methyl/N-ethyl adjacent to an activating group) is 1. The number of para-hydroxylation sites is 1. The van der Waals surface area contributed by atoms with E-state index in [1.54, 1.807) is 31.3 Å². The molecule has 1 aliphatic rings. The summed E-state index contributed by atoms with van der Waals surface area (Å²) in [4.78, 5) is 18.7. The first kappa shape index (κ1) is 15.3. The third-order valence-electron chi connectivity index (χ3n) is 3.83. The van der Waals surface area contributed by atoms with Crippen molar-refractivity contribution in [3.63, 3.8) is 0 Å². The molecular weight excluding hydrogens is 294 g/mol. The summed E-state index contributed by atoms with van der Waals surface area (Å²) in [6.07, 6.45) is 1.62. The number of carbonyl (C=O) groups excluding carboxylic acids is 1. The number of methoxy groups -OCH3 is 1. The first-order valence-electron chi connectivity index (χ1n) is 7.43. The van der Waals surface area contributed by atoms with Gasteiger partial charge in [0.15, 0.2) is 0 Å². The first-order chi connectivity index (χ1) is 11.2. The number of anilines is 1. The molecule has 0 saturated heterocycles. The van der Waals surface area contributed by atoms with Crippen LogP contribution < -0.4 is 19.7 Å². The van der Waals surface area contributed by atoms with E-state index < -0.39 is 6.04 Å². The van der Waals surface area contributed by atoms with E-state index >= 15 is 0 Å². The van der Waals surface area contributed by atoms with Crippen LogP contribution in [0.5, 0.6) is 11.6 Å². The molecule has 0 bridgehead atoms. The molecule has 1 atom stereocenters. The number of pyridine rings is 1. The molecule has 0 radical (unpaired) electrons. The fourth-order valence-corrected chi connectivity index (χ4v) is 2.56. The van der Waals surface area contributed by atoms with Crippen molar-refractivity contribution < 1.29 is 14.3 Å². The Morgan fingerprint density at radius 1 is 1.35 bits per heavy atom. The zero-order valence-electron chi connectivity index (χ0n) is 13.2. The summed E-state index contributed by atoms with van der Waals surface area (Å²) < 4.78 is 10.7. The average Bonchev–Trinajstić information content (AvgIpc) is 2.83. The van der Waals surface area contributed by atoms with Crippen molar-refractivity contribution in [2.75, 3.05) is 32.2 Å². The van der Waals surface area contributed by atoms with Gasteiger partial charge in [0.1, 0.15) is 18.4 Å². The highest BCUT2D eigenvalue weighted by atomic mass is 16.5. The van der Waals surface area contributed by atoms with Gasteiger partial charge in [-0.1, -0.05) is 18.2 Å². The maximum absolute atomic E-state index is 12.9. The summed E-state index contributed by atoms with van der Waals surface area (Å²) in [5, 5.41) is 3.25. The molecule has 1 N–H and O–H groups in total. The number of ether oxygens (including phenoxy) is 2. The molecule has 2 aromatic rings. The highest BCUT2D eigenvalue weighted by Crippen LogP contribution is 2.29. The van der Waals surface area contributed by atoms with Crippen LogP contribution in [0.15, 0.2) is 42.6 Å². The van der Waals surface area contributed by atoms with E-state index in [1.165, 1.54) is 0 Å². The van der Waals surface area contributed by atoms with Gasteiger partial charge in [0.05, 0.1) is 19.0 Å². The molecule has 0 aliphatic carbocycles. The molecule has 23 heavy (non-hydrogen) atoms. The number of amides is 1. The minimum absolute atomic E-state index is 0.0603. The van der Waals surface area contributed by atoms with Gasteiger partial charge in [-0.2, -0.15) is 0 Å². The lowest BCUT2D eigenvalue weighted by Crippen LogP contribution is -2.39. The maximum atomic E-state index is 12.9. The van der Waals surface area contributed by atoms with Gasteiger partial charge in [-0.05, 0) is 12.1 Å².